The minimum atomic E-state index is -2.42. The molecule has 0 aromatic carbocycles. The fourth-order valence-electron chi connectivity index (χ4n) is 2.36. The summed E-state index contributed by atoms with van der Waals surface area (Å²) in [5, 5.41) is 0. The normalized spacial score (nSPS) is 12.0. The summed E-state index contributed by atoms with van der Waals surface area (Å²) in [6.45, 7) is 16.4. The lowest BCUT2D eigenvalue weighted by atomic mass is 10.8. The largest absolute Gasteiger partial charge is 0.502 e. The third kappa shape index (κ3) is 12.5. The van der Waals surface area contributed by atoms with Crippen molar-refractivity contribution in [2.24, 2.45) is 11.5 Å². The van der Waals surface area contributed by atoms with Crippen molar-refractivity contribution in [3.63, 3.8) is 0 Å². The highest BCUT2D eigenvalue weighted by Gasteiger charge is 2.39. The second-order valence-electron chi connectivity index (χ2n) is 5.04. The lowest BCUT2D eigenvalue weighted by Gasteiger charge is -2.27. The van der Waals surface area contributed by atoms with E-state index in [0.717, 1.165) is 0 Å². The number of nitrogens with two attached hydrogens (primary N) is 2. The van der Waals surface area contributed by atoms with Crippen molar-refractivity contribution in [2.75, 3.05) is 52.7 Å². The summed E-state index contributed by atoms with van der Waals surface area (Å²) in [5.74, 6) is 0. The van der Waals surface area contributed by atoms with Crippen LogP contribution in [0, 0.1) is 0 Å². The molecule has 0 aliphatic rings. The van der Waals surface area contributed by atoms with E-state index in [2.05, 4.69) is 0 Å². The second-order valence-corrected chi connectivity index (χ2v) is 10.5. The van der Waals surface area contributed by atoms with Crippen LogP contribution in [0.1, 0.15) is 41.5 Å². The number of hydrogen-bond acceptors (Lipinski definition) is 8. The van der Waals surface area contributed by atoms with E-state index in [1.54, 1.807) is 0 Å². The van der Waals surface area contributed by atoms with Gasteiger partial charge in [0.05, 0.1) is 0 Å². The molecule has 10 heteroatoms. The van der Waals surface area contributed by atoms with Crippen molar-refractivity contribution >= 4 is 17.6 Å². The van der Waals surface area contributed by atoms with Gasteiger partial charge in [-0.1, -0.05) is 0 Å². The smallest absolute Gasteiger partial charge is 0.374 e. The summed E-state index contributed by atoms with van der Waals surface area (Å²) >= 11 is 0. The molecule has 0 spiro atoms. The van der Waals surface area contributed by atoms with Crippen LogP contribution in [0.5, 0.6) is 0 Å². The van der Waals surface area contributed by atoms with Gasteiger partial charge in [0, 0.05) is 51.7 Å². The average Bonchev–Trinajstić information content (AvgIpc) is 2.57. The Labute approximate surface area is 162 Å². The monoisotopic (exact) mass is 414 g/mol. The van der Waals surface area contributed by atoms with Gasteiger partial charge in [0.2, 0.25) is 0 Å². The summed E-state index contributed by atoms with van der Waals surface area (Å²) in [7, 11) is -4.84. The maximum atomic E-state index is 5.57. The van der Waals surface area contributed by atoms with Gasteiger partial charge in [0.15, 0.2) is 0 Å². The second kappa shape index (κ2) is 18.5. The van der Waals surface area contributed by atoms with Crippen molar-refractivity contribution < 1.29 is 26.6 Å². The zero-order valence-electron chi connectivity index (χ0n) is 17.7. The molecule has 0 aliphatic heterocycles. The molecule has 0 aromatic heterocycles. The molecule has 0 radical (unpaired) electrons. The summed E-state index contributed by atoms with van der Waals surface area (Å²) < 4.78 is 33.4. The van der Waals surface area contributed by atoms with Crippen molar-refractivity contribution in [2.45, 2.75) is 53.6 Å². The lowest BCUT2D eigenvalue weighted by Crippen LogP contribution is -2.47. The van der Waals surface area contributed by atoms with Gasteiger partial charge in [-0.2, -0.15) is 0 Å². The highest BCUT2D eigenvalue weighted by atomic mass is 28.4. The molecule has 0 amide bonds. The van der Waals surface area contributed by atoms with Crippen LogP contribution in [-0.4, -0.2) is 70.3 Å². The van der Waals surface area contributed by atoms with Gasteiger partial charge < -0.3 is 38.0 Å². The van der Waals surface area contributed by atoms with Crippen molar-refractivity contribution in [1.29, 1.82) is 0 Å². The van der Waals surface area contributed by atoms with Crippen LogP contribution in [0.3, 0.4) is 0 Å². The predicted molar refractivity (Wildman–Crippen MR) is 109 cm³/mol. The van der Waals surface area contributed by atoms with Gasteiger partial charge >= 0.3 is 17.6 Å². The Morgan fingerprint density at radius 2 is 0.654 bits per heavy atom. The first-order chi connectivity index (χ1) is 12.5. The zero-order chi connectivity index (χ0) is 20.3. The average molecular weight is 415 g/mol. The Bertz CT molecular complexity index is 217. The van der Waals surface area contributed by atoms with Gasteiger partial charge in [-0.3, -0.25) is 0 Å². The topological polar surface area (TPSA) is 107 Å². The maximum Gasteiger partial charge on any atom is 0.502 e. The van der Waals surface area contributed by atoms with Crippen molar-refractivity contribution in [3.05, 3.63) is 0 Å². The van der Waals surface area contributed by atoms with Crippen molar-refractivity contribution in [3.8, 4) is 0 Å². The molecule has 8 nitrogen and oxygen atoms in total. The van der Waals surface area contributed by atoms with Gasteiger partial charge in [0.25, 0.3) is 0 Å². The number of rotatable bonds is 16. The molecule has 4 N–H and O–H groups in total. The quantitative estimate of drug-likeness (QED) is 0.369. The zero-order valence-corrected chi connectivity index (χ0v) is 19.7. The molecular weight excluding hydrogens is 372 g/mol. The third-order valence-corrected chi connectivity index (χ3v) is 9.26. The Hall–Kier alpha value is 0.114. The lowest BCUT2D eigenvalue weighted by molar-refractivity contribution is 0.0711. The Kier molecular flexibility index (Phi) is 20.1. The van der Waals surface area contributed by atoms with E-state index >= 15 is 0 Å². The molecule has 0 rings (SSSR count). The Balaban J connectivity index is 0. The van der Waals surface area contributed by atoms with Gasteiger partial charge in [-0.05, 0) is 54.6 Å². The van der Waals surface area contributed by atoms with Crippen molar-refractivity contribution in [1.82, 2.24) is 0 Å². The van der Waals surface area contributed by atoms with Crippen LogP contribution in [0.2, 0.25) is 12.1 Å². The van der Waals surface area contributed by atoms with E-state index in [1.165, 1.54) is 0 Å². The molecule has 0 saturated carbocycles. The molecule has 26 heavy (non-hydrogen) atoms. The third-order valence-electron chi connectivity index (χ3n) is 3.09. The molecular formula is C16H42N2O6Si2. The molecule has 0 fully saturated rings. The first kappa shape index (κ1) is 28.3. The Morgan fingerprint density at radius 1 is 0.462 bits per heavy atom. The summed E-state index contributed by atoms with van der Waals surface area (Å²) in [5.41, 5.74) is 11.0. The molecule has 0 bridgehead atoms. The van der Waals surface area contributed by atoms with Gasteiger partial charge in [-0.15, -0.1) is 0 Å². The van der Waals surface area contributed by atoms with E-state index in [-0.39, 0.29) is 0 Å². The fourth-order valence-corrected chi connectivity index (χ4v) is 7.07. The molecule has 160 valence electrons. The van der Waals surface area contributed by atoms with Crippen LogP contribution < -0.4 is 11.5 Å². The minimum Gasteiger partial charge on any atom is -0.374 e. The van der Waals surface area contributed by atoms with Crippen LogP contribution >= 0.6 is 0 Å². The highest BCUT2D eigenvalue weighted by Crippen LogP contribution is 2.15. The van der Waals surface area contributed by atoms with Crippen LogP contribution in [-0.2, 0) is 26.6 Å². The van der Waals surface area contributed by atoms with E-state index in [0.29, 0.717) is 64.8 Å². The van der Waals surface area contributed by atoms with Crippen LogP contribution in [0.15, 0.2) is 0 Å². The summed E-state index contributed by atoms with van der Waals surface area (Å²) in [6.07, 6.45) is 0. The van der Waals surface area contributed by atoms with Gasteiger partial charge in [-0.25, -0.2) is 0 Å². The van der Waals surface area contributed by atoms with Crippen LogP contribution in [0.25, 0.3) is 0 Å². The summed E-state index contributed by atoms with van der Waals surface area (Å²) in [6, 6.07) is 1.39. The molecule has 0 unspecified atom stereocenters. The van der Waals surface area contributed by atoms with Gasteiger partial charge in [0.1, 0.15) is 0 Å². The Morgan fingerprint density at radius 3 is 0.769 bits per heavy atom. The SMILES string of the molecule is CCO[Si](CCN)(OCC)OCC.CCO[Si](CCN)(OCC)OCC. The fraction of sp³-hybridized carbons (Fsp3) is 1.00. The molecule has 0 saturated heterocycles. The van der Waals surface area contributed by atoms with E-state index < -0.39 is 17.6 Å². The molecule has 0 heterocycles. The predicted octanol–water partition coefficient (Wildman–Crippen LogP) is 1.99. The van der Waals surface area contributed by atoms with Crippen LogP contribution in [0.4, 0.5) is 0 Å². The maximum absolute atomic E-state index is 5.57. The molecule has 0 aromatic rings. The molecule has 0 aliphatic carbocycles. The summed E-state index contributed by atoms with van der Waals surface area (Å²) in [4.78, 5) is 0. The van der Waals surface area contributed by atoms with E-state index in [1.807, 2.05) is 41.5 Å². The van der Waals surface area contributed by atoms with E-state index in [9.17, 15) is 0 Å². The highest BCUT2D eigenvalue weighted by molar-refractivity contribution is 6.61. The number of hydrogen-bond donors (Lipinski definition) is 2. The molecule has 0 atom stereocenters. The standard InChI is InChI=1S/2C8H21NO3Si/c2*1-4-10-13(8-7-9,11-5-2)12-6-3/h2*4-9H2,1-3H3. The van der Waals surface area contributed by atoms with E-state index in [4.69, 9.17) is 38.0 Å². The first-order valence-corrected chi connectivity index (χ1v) is 13.6. The minimum absolute atomic E-state index is 0.548. The first-order valence-electron chi connectivity index (χ1n) is 9.72.